The minimum absolute atomic E-state index is 0.155. The maximum atomic E-state index is 10.7. The van der Waals surface area contributed by atoms with Crippen LogP contribution in [0.1, 0.15) is 26.7 Å². The molecule has 0 heterocycles. The third kappa shape index (κ3) is 2.00. The fourth-order valence-corrected chi connectivity index (χ4v) is 0.710. The number of hydrogen-bond donors (Lipinski definition) is 0. The molecule has 9 heavy (non-hydrogen) atoms. The molecule has 1 saturated carbocycles. The molecule has 0 aromatic rings. The topological polar surface area (TPSA) is 17.1 Å². The standard InChI is InChI=1S/C8H12O/c1-6(7(2)9)5-8-3-4-8/h5-6H,3-4H2,1-2H3. The van der Waals surface area contributed by atoms with Crippen LogP contribution in [0, 0.1) is 5.92 Å². The van der Waals surface area contributed by atoms with Crippen molar-refractivity contribution in [2.45, 2.75) is 26.7 Å². The minimum Gasteiger partial charge on any atom is -0.299 e. The Hall–Kier alpha value is -0.590. The molecule has 0 N–H and O–H groups in total. The molecule has 50 valence electrons. The predicted octanol–water partition coefficient (Wildman–Crippen LogP) is 1.93. The molecule has 0 amide bonds. The number of hydrogen-bond acceptors (Lipinski definition) is 1. The summed E-state index contributed by atoms with van der Waals surface area (Å²) in [6.07, 6.45) is 4.53. The van der Waals surface area contributed by atoms with Gasteiger partial charge in [0.2, 0.25) is 0 Å². The Labute approximate surface area is 55.8 Å². The molecule has 1 aliphatic rings. The molecule has 1 nitrogen and oxygen atoms in total. The van der Waals surface area contributed by atoms with E-state index in [1.54, 1.807) is 6.92 Å². The van der Waals surface area contributed by atoms with E-state index in [1.165, 1.54) is 18.4 Å². The van der Waals surface area contributed by atoms with Crippen LogP contribution in [-0.4, -0.2) is 5.78 Å². The van der Waals surface area contributed by atoms with Crippen molar-refractivity contribution in [3.63, 3.8) is 0 Å². The summed E-state index contributed by atoms with van der Waals surface area (Å²) in [5, 5.41) is 0. The molecule has 0 saturated heterocycles. The molecule has 1 unspecified atom stereocenters. The van der Waals surface area contributed by atoms with Gasteiger partial charge in [-0.1, -0.05) is 18.6 Å². The van der Waals surface area contributed by atoms with Crippen LogP contribution >= 0.6 is 0 Å². The Morgan fingerprint density at radius 3 is 2.56 bits per heavy atom. The Balaban J connectivity index is 2.42. The van der Waals surface area contributed by atoms with E-state index in [2.05, 4.69) is 6.08 Å². The van der Waals surface area contributed by atoms with Crippen LogP contribution in [0.5, 0.6) is 0 Å². The first-order chi connectivity index (χ1) is 4.20. The van der Waals surface area contributed by atoms with Crippen molar-refractivity contribution in [2.24, 2.45) is 5.92 Å². The van der Waals surface area contributed by atoms with Crippen LogP contribution in [-0.2, 0) is 4.79 Å². The maximum Gasteiger partial charge on any atom is 0.136 e. The molecule has 0 aliphatic heterocycles. The molecule has 0 bridgehead atoms. The van der Waals surface area contributed by atoms with Gasteiger partial charge in [-0.3, -0.25) is 4.79 Å². The monoisotopic (exact) mass is 124 g/mol. The van der Waals surface area contributed by atoms with Gasteiger partial charge in [0, 0.05) is 5.92 Å². The first kappa shape index (κ1) is 6.53. The average molecular weight is 124 g/mol. The van der Waals surface area contributed by atoms with E-state index in [9.17, 15) is 4.79 Å². The lowest BCUT2D eigenvalue weighted by Crippen LogP contribution is -2.01. The molecule has 1 rings (SSSR count). The Kier molecular flexibility index (Phi) is 1.70. The van der Waals surface area contributed by atoms with E-state index in [1.807, 2.05) is 6.92 Å². The fourth-order valence-electron chi connectivity index (χ4n) is 0.710. The van der Waals surface area contributed by atoms with Gasteiger partial charge in [0.1, 0.15) is 5.78 Å². The lowest BCUT2D eigenvalue weighted by atomic mass is 10.1. The Morgan fingerprint density at radius 2 is 2.22 bits per heavy atom. The number of ketones is 1. The number of rotatable bonds is 2. The summed E-state index contributed by atoms with van der Waals surface area (Å²) in [5.41, 5.74) is 1.46. The van der Waals surface area contributed by atoms with Crippen LogP contribution in [0.4, 0.5) is 0 Å². The number of carbonyl (C=O) groups is 1. The summed E-state index contributed by atoms with van der Waals surface area (Å²) in [4.78, 5) is 10.7. The smallest absolute Gasteiger partial charge is 0.136 e. The third-order valence-corrected chi connectivity index (χ3v) is 1.67. The van der Waals surface area contributed by atoms with Crippen molar-refractivity contribution in [3.8, 4) is 0 Å². The van der Waals surface area contributed by atoms with Gasteiger partial charge in [0.25, 0.3) is 0 Å². The second-order valence-corrected chi connectivity index (χ2v) is 2.72. The zero-order valence-corrected chi connectivity index (χ0v) is 5.98. The molecular formula is C8H12O. The van der Waals surface area contributed by atoms with E-state index in [-0.39, 0.29) is 11.7 Å². The largest absolute Gasteiger partial charge is 0.299 e. The van der Waals surface area contributed by atoms with Crippen molar-refractivity contribution in [3.05, 3.63) is 11.6 Å². The van der Waals surface area contributed by atoms with Crippen LogP contribution < -0.4 is 0 Å². The van der Waals surface area contributed by atoms with Gasteiger partial charge in [0.15, 0.2) is 0 Å². The molecule has 1 heteroatoms. The number of Topliss-reactive ketones (excluding diaryl/α,β-unsaturated/α-hetero) is 1. The first-order valence-electron chi connectivity index (χ1n) is 3.40. The molecule has 0 spiro atoms. The lowest BCUT2D eigenvalue weighted by Gasteiger charge is -1.96. The lowest BCUT2D eigenvalue weighted by molar-refractivity contribution is -0.118. The van der Waals surface area contributed by atoms with E-state index >= 15 is 0 Å². The molecule has 0 radical (unpaired) electrons. The molecule has 1 aliphatic carbocycles. The predicted molar refractivity (Wildman–Crippen MR) is 37.2 cm³/mol. The second kappa shape index (κ2) is 2.34. The highest BCUT2D eigenvalue weighted by atomic mass is 16.1. The summed E-state index contributed by atoms with van der Waals surface area (Å²) in [7, 11) is 0. The van der Waals surface area contributed by atoms with Crippen LogP contribution in [0.2, 0.25) is 0 Å². The average Bonchev–Trinajstić information content (AvgIpc) is 2.50. The van der Waals surface area contributed by atoms with Gasteiger partial charge >= 0.3 is 0 Å². The van der Waals surface area contributed by atoms with Gasteiger partial charge in [-0.05, 0) is 19.8 Å². The van der Waals surface area contributed by atoms with Gasteiger partial charge in [0.05, 0.1) is 0 Å². The summed E-state index contributed by atoms with van der Waals surface area (Å²) in [6, 6.07) is 0. The number of carbonyl (C=O) groups excluding carboxylic acids is 1. The summed E-state index contributed by atoms with van der Waals surface area (Å²) >= 11 is 0. The first-order valence-corrected chi connectivity index (χ1v) is 3.40. The van der Waals surface area contributed by atoms with Crippen molar-refractivity contribution in [2.75, 3.05) is 0 Å². The normalized spacial score (nSPS) is 19.1. The highest BCUT2D eigenvalue weighted by molar-refractivity contribution is 5.79. The van der Waals surface area contributed by atoms with E-state index in [0.29, 0.717) is 0 Å². The quantitative estimate of drug-likeness (QED) is 0.514. The zero-order valence-electron chi connectivity index (χ0n) is 5.98. The molecule has 0 aromatic carbocycles. The highest BCUT2D eigenvalue weighted by Gasteiger charge is 2.13. The van der Waals surface area contributed by atoms with E-state index < -0.39 is 0 Å². The van der Waals surface area contributed by atoms with Crippen molar-refractivity contribution < 1.29 is 4.79 Å². The number of allylic oxidation sites excluding steroid dienone is 2. The maximum absolute atomic E-state index is 10.7. The van der Waals surface area contributed by atoms with Crippen molar-refractivity contribution in [1.82, 2.24) is 0 Å². The van der Waals surface area contributed by atoms with E-state index in [4.69, 9.17) is 0 Å². The molecule has 1 atom stereocenters. The van der Waals surface area contributed by atoms with E-state index in [0.717, 1.165) is 0 Å². The van der Waals surface area contributed by atoms with Crippen molar-refractivity contribution in [1.29, 1.82) is 0 Å². The van der Waals surface area contributed by atoms with Gasteiger partial charge in [-0.25, -0.2) is 0 Å². The Morgan fingerprint density at radius 1 is 1.67 bits per heavy atom. The summed E-state index contributed by atoms with van der Waals surface area (Å²) in [5.74, 6) is 0.428. The second-order valence-electron chi connectivity index (χ2n) is 2.72. The SMILES string of the molecule is CC(=O)C(C)C=C1CC1. The van der Waals surface area contributed by atoms with Gasteiger partial charge in [-0.15, -0.1) is 0 Å². The van der Waals surface area contributed by atoms with Gasteiger partial charge in [-0.2, -0.15) is 0 Å². The van der Waals surface area contributed by atoms with Crippen LogP contribution in [0.15, 0.2) is 11.6 Å². The summed E-state index contributed by atoms with van der Waals surface area (Å²) in [6.45, 7) is 3.60. The van der Waals surface area contributed by atoms with Crippen LogP contribution in [0.3, 0.4) is 0 Å². The fraction of sp³-hybridized carbons (Fsp3) is 0.625. The molecule has 1 fully saturated rings. The minimum atomic E-state index is 0.155. The molecular weight excluding hydrogens is 112 g/mol. The zero-order chi connectivity index (χ0) is 6.85. The van der Waals surface area contributed by atoms with Crippen molar-refractivity contribution >= 4 is 5.78 Å². The third-order valence-electron chi connectivity index (χ3n) is 1.67. The summed E-state index contributed by atoms with van der Waals surface area (Å²) < 4.78 is 0. The Bertz CT molecular complexity index is 150. The highest BCUT2D eigenvalue weighted by Crippen LogP contribution is 2.29. The van der Waals surface area contributed by atoms with Gasteiger partial charge < -0.3 is 0 Å². The van der Waals surface area contributed by atoms with Crippen LogP contribution in [0.25, 0.3) is 0 Å². The molecule has 0 aromatic heterocycles.